The zero-order valence-corrected chi connectivity index (χ0v) is 14.8. The number of thiophene rings is 1. The standard InChI is InChI=1S/C18H21N3O2S/c1-11-14-5-3-4-6-15(14)21-17(20-11)9-19-18(23)8-13-7-16(12(2)22)24-10-13/h7,10H,3-6,8-9H2,1-2H3,(H,19,23). The smallest absolute Gasteiger partial charge is 0.224 e. The van der Waals surface area contributed by atoms with Gasteiger partial charge in [-0.25, -0.2) is 9.97 Å². The lowest BCUT2D eigenvalue weighted by Gasteiger charge is -2.17. The SMILES string of the molecule is CC(=O)c1cc(CC(=O)NCc2nc(C)c3c(n2)CCCC3)cs1. The van der Waals surface area contributed by atoms with E-state index in [2.05, 4.69) is 15.3 Å². The van der Waals surface area contributed by atoms with Crippen molar-refractivity contribution in [2.24, 2.45) is 0 Å². The van der Waals surface area contributed by atoms with E-state index in [4.69, 9.17) is 0 Å². The lowest BCUT2D eigenvalue weighted by Crippen LogP contribution is -2.26. The van der Waals surface area contributed by atoms with E-state index in [-0.39, 0.29) is 18.1 Å². The van der Waals surface area contributed by atoms with Crippen molar-refractivity contribution in [2.75, 3.05) is 0 Å². The van der Waals surface area contributed by atoms with Crippen LogP contribution in [0.25, 0.3) is 0 Å². The van der Waals surface area contributed by atoms with E-state index in [0.717, 1.165) is 29.8 Å². The number of Topliss-reactive ketones (excluding diaryl/α,β-unsaturated/α-hetero) is 1. The van der Waals surface area contributed by atoms with Gasteiger partial charge in [-0.3, -0.25) is 9.59 Å². The maximum atomic E-state index is 12.1. The molecule has 0 unspecified atom stereocenters. The Hall–Kier alpha value is -2.08. The van der Waals surface area contributed by atoms with Crippen molar-refractivity contribution < 1.29 is 9.59 Å². The monoisotopic (exact) mass is 343 g/mol. The predicted octanol–water partition coefficient (Wildman–Crippen LogP) is 2.79. The fourth-order valence-corrected chi connectivity index (χ4v) is 3.82. The molecule has 0 radical (unpaired) electrons. The second kappa shape index (κ2) is 7.21. The minimum absolute atomic E-state index is 0.0320. The minimum atomic E-state index is -0.0816. The molecule has 24 heavy (non-hydrogen) atoms. The van der Waals surface area contributed by atoms with Crippen LogP contribution in [0.3, 0.4) is 0 Å². The van der Waals surface area contributed by atoms with E-state index in [0.29, 0.717) is 17.2 Å². The number of carbonyl (C=O) groups excluding carboxylic acids is 2. The summed E-state index contributed by atoms with van der Waals surface area (Å²) in [6.07, 6.45) is 4.71. The van der Waals surface area contributed by atoms with Gasteiger partial charge in [-0.05, 0) is 62.1 Å². The molecule has 1 aliphatic rings. The van der Waals surface area contributed by atoms with E-state index < -0.39 is 0 Å². The normalized spacial score (nSPS) is 13.4. The molecule has 0 atom stereocenters. The van der Waals surface area contributed by atoms with Crippen LogP contribution in [0, 0.1) is 6.92 Å². The van der Waals surface area contributed by atoms with Gasteiger partial charge in [0.05, 0.1) is 17.8 Å². The maximum Gasteiger partial charge on any atom is 0.224 e. The lowest BCUT2D eigenvalue weighted by molar-refractivity contribution is -0.120. The van der Waals surface area contributed by atoms with Crippen molar-refractivity contribution in [3.05, 3.63) is 44.7 Å². The van der Waals surface area contributed by atoms with Crippen molar-refractivity contribution in [3.63, 3.8) is 0 Å². The van der Waals surface area contributed by atoms with Gasteiger partial charge in [0.25, 0.3) is 0 Å². The van der Waals surface area contributed by atoms with Crippen molar-refractivity contribution in [2.45, 2.75) is 52.5 Å². The molecule has 1 N–H and O–H groups in total. The molecule has 0 aromatic carbocycles. The van der Waals surface area contributed by atoms with E-state index >= 15 is 0 Å². The maximum absolute atomic E-state index is 12.1. The number of aryl methyl sites for hydroxylation is 2. The third-order valence-corrected chi connectivity index (χ3v) is 5.33. The van der Waals surface area contributed by atoms with Crippen LogP contribution in [0.5, 0.6) is 0 Å². The molecular formula is C18H21N3O2S. The molecule has 0 fully saturated rings. The predicted molar refractivity (Wildman–Crippen MR) is 93.3 cm³/mol. The molecule has 3 rings (SSSR count). The summed E-state index contributed by atoms with van der Waals surface area (Å²) in [6.45, 7) is 3.90. The van der Waals surface area contributed by atoms with Crippen molar-refractivity contribution in [3.8, 4) is 0 Å². The number of nitrogens with zero attached hydrogens (tertiary/aromatic N) is 2. The van der Waals surface area contributed by atoms with Gasteiger partial charge >= 0.3 is 0 Å². The van der Waals surface area contributed by atoms with Gasteiger partial charge in [-0.15, -0.1) is 11.3 Å². The number of amides is 1. The van der Waals surface area contributed by atoms with Crippen LogP contribution in [-0.4, -0.2) is 21.7 Å². The molecule has 0 saturated carbocycles. The number of carbonyl (C=O) groups is 2. The number of fused-ring (bicyclic) bond motifs is 1. The second-order valence-corrected chi connectivity index (χ2v) is 7.10. The summed E-state index contributed by atoms with van der Waals surface area (Å²) in [4.78, 5) is 33.2. The van der Waals surface area contributed by atoms with Gasteiger partial charge in [0.15, 0.2) is 5.78 Å². The quantitative estimate of drug-likeness (QED) is 0.848. The van der Waals surface area contributed by atoms with Crippen molar-refractivity contribution in [1.82, 2.24) is 15.3 Å². The summed E-state index contributed by atoms with van der Waals surface area (Å²) in [5.41, 5.74) is 4.33. The summed E-state index contributed by atoms with van der Waals surface area (Å²) >= 11 is 1.38. The highest BCUT2D eigenvalue weighted by Crippen LogP contribution is 2.21. The second-order valence-electron chi connectivity index (χ2n) is 6.19. The highest BCUT2D eigenvalue weighted by molar-refractivity contribution is 7.12. The third kappa shape index (κ3) is 3.87. The average molecular weight is 343 g/mol. The number of aromatic nitrogens is 2. The van der Waals surface area contributed by atoms with Crippen LogP contribution in [0.15, 0.2) is 11.4 Å². The molecular weight excluding hydrogens is 322 g/mol. The number of hydrogen-bond acceptors (Lipinski definition) is 5. The fraction of sp³-hybridized carbons (Fsp3) is 0.444. The fourth-order valence-electron chi connectivity index (χ4n) is 3.00. The minimum Gasteiger partial charge on any atom is -0.349 e. The van der Waals surface area contributed by atoms with Gasteiger partial charge < -0.3 is 5.32 Å². The molecule has 2 aromatic rings. The van der Waals surface area contributed by atoms with Crippen molar-refractivity contribution in [1.29, 1.82) is 0 Å². The average Bonchev–Trinajstić information content (AvgIpc) is 3.02. The Morgan fingerprint density at radius 3 is 2.79 bits per heavy atom. The molecule has 126 valence electrons. The lowest BCUT2D eigenvalue weighted by atomic mass is 9.95. The molecule has 0 spiro atoms. The first-order valence-corrected chi connectivity index (χ1v) is 9.11. The Kier molecular flexibility index (Phi) is 5.04. The molecule has 2 aromatic heterocycles. The number of hydrogen-bond donors (Lipinski definition) is 1. The summed E-state index contributed by atoms with van der Waals surface area (Å²) in [7, 11) is 0. The van der Waals surface area contributed by atoms with Crippen LogP contribution in [0.2, 0.25) is 0 Å². The topological polar surface area (TPSA) is 72.0 Å². The number of nitrogens with one attached hydrogen (secondary N) is 1. The summed E-state index contributed by atoms with van der Waals surface area (Å²) in [6, 6.07) is 1.78. The van der Waals surface area contributed by atoms with Gasteiger partial charge in [0, 0.05) is 11.4 Å². The summed E-state index contributed by atoms with van der Waals surface area (Å²) in [5.74, 6) is 0.628. The zero-order valence-electron chi connectivity index (χ0n) is 14.0. The molecule has 0 saturated heterocycles. The van der Waals surface area contributed by atoms with Gasteiger partial charge in [0.2, 0.25) is 5.91 Å². The molecule has 0 aliphatic heterocycles. The Labute approximate surface area is 145 Å². The summed E-state index contributed by atoms with van der Waals surface area (Å²) < 4.78 is 0. The zero-order chi connectivity index (χ0) is 17.1. The Morgan fingerprint density at radius 1 is 1.25 bits per heavy atom. The highest BCUT2D eigenvalue weighted by Gasteiger charge is 2.16. The van der Waals surface area contributed by atoms with Gasteiger partial charge in [-0.1, -0.05) is 0 Å². The Morgan fingerprint density at radius 2 is 2.04 bits per heavy atom. The van der Waals surface area contributed by atoms with E-state index in [9.17, 15) is 9.59 Å². The first-order valence-electron chi connectivity index (χ1n) is 8.23. The number of ketones is 1. The molecule has 6 heteroatoms. The van der Waals surface area contributed by atoms with E-state index in [1.807, 2.05) is 12.3 Å². The Bertz CT molecular complexity index is 783. The molecule has 0 bridgehead atoms. The molecule has 1 aliphatic carbocycles. The molecule has 1 amide bonds. The van der Waals surface area contributed by atoms with Crippen LogP contribution >= 0.6 is 11.3 Å². The van der Waals surface area contributed by atoms with Crippen molar-refractivity contribution >= 4 is 23.0 Å². The summed E-state index contributed by atoms with van der Waals surface area (Å²) in [5, 5.41) is 4.73. The van der Waals surface area contributed by atoms with Crippen LogP contribution in [0.1, 0.15) is 57.8 Å². The van der Waals surface area contributed by atoms with Crippen LogP contribution in [0.4, 0.5) is 0 Å². The number of rotatable bonds is 5. The molecule has 5 nitrogen and oxygen atoms in total. The van der Waals surface area contributed by atoms with Gasteiger partial charge in [0.1, 0.15) is 5.82 Å². The Balaban J connectivity index is 1.59. The largest absolute Gasteiger partial charge is 0.349 e. The van der Waals surface area contributed by atoms with E-state index in [1.54, 1.807) is 6.07 Å². The first-order chi connectivity index (χ1) is 11.5. The van der Waals surface area contributed by atoms with Gasteiger partial charge in [-0.2, -0.15) is 0 Å². The molecule has 2 heterocycles. The van der Waals surface area contributed by atoms with Crippen LogP contribution in [-0.2, 0) is 30.6 Å². The van der Waals surface area contributed by atoms with Crippen LogP contribution < -0.4 is 5.32 Å². The highest BCUT2D eigenvalue weighted by atomic mass is 32.1. The first kappa shape index (κ1) is 16.8. The third-order valence-electron chi connectivity index (χ3n) is 4.25. The van der Waals surface area contributed by atoms with E-state index in [1.165, 1.54) is 36.7 Å².